The molecule has 0 aliphatic heterocycles. The van der Waals surface area contributed by atoms with E-state index in [2.05, 4.69) is 60.5 Å². The lowest BCUT2D eigenvalue weighted by molar-refractivity contribution is 0.717. The van der Waals surface area contributed by atoms with E-state index in [1.54, 1.807) is 0 Å². The zero-order valence-corrected chi connectivity index (χ0v) is 15.1. The number of hydrogen-bond acceptors (Lipinski definition) is 1. The predicted molar refractivity (Wildman–Crippen MR) is 107 cm³/mol. The van der Waals surface area contributed by atoms with Gasteiger partial charge in [0.2, 0.25) is 0 Å². The number of benzene rings is 2. The quantitative estimate of drug-likeness (QED) is 0.424. The maximum Gasteiger partial charge on any atom is 0.0700 e. The van der Waals surface area contributed by atoms with Gasteiger partial charge in [0.25, 0.3) is 0 Å². The minimum absolute atomic E-state index is 1.05. The Morgan fingerprint density at radius 3 is 2.50 bits per heavy atom. The lowest BCUT2D eigenvalue weighted by atomic mass is 10.0. The van der Waals surface area contributed by atoms with E-state index < -0.39 is 0 Å². The lowest BCUT2D eigenvalue weighted by Crippen LogP contribution is -2.02. The number of anilines is 1. The summed E-state index contributed by atoms with van der Waals surface area (Å²) >= 11 is 0. The van der Waals surface area contributed by atoms with E-state index in [0.717, 1.165) is 6.54 Å². The molecule has 24 heavy (non-hydrogen) atoms. The summed E-state index contributed by atoms with van der Waals surface area (Å²) in [4.78, 5) is 3.62. The largest absolute Gasteiger partial charge is 0.383 e. The van der Waals surface area contributed by atoms with Gasteiger partial charge in [-0.15, -0.1) is 0 Å². The van der Waals surface area contributed by atoms with Gasteiger partial charge in [-0.3, -0.25) is 0 Å². The first-order chi connectivity index (χ1) is 11.8. The van der Waals surface area contributed by atoms with Crippen LogP contribution in [0, 0.1) is 0 Å². The first kappa shape index (κ1) is 16.9. The van der Waals surface area contributed by atoms with Crippen LogP contribution in [0.15, 0.2) is 36.4 Å². The first-order valence-corrected chi connectivity index (χ1v) is 9.60. The number of rotatable bonds is 9. The molecule has 2 N–H and O–H groups in total. The second kappa shape index (κ2) is 8.23. The van der Waals surface area contributed by atoms with Crippen LogP contribution in [0.5, 0.6) is 0 Å². The second-order valence-corrected chi connectivity index (χ2v) is 6.83. The van der Waals surface area contributed by atoms with Gasteiger partial charge in [-0.05, 0) is 43.0 Å². The number of para-hydroxylation sites is 1. The molecular weight excluding hydrogens is 292 g/mol. The van der Waals surface area contributed by atoms with Crippen LogP contribution < -0.4 is 5.32 Å². The molecule has 0 aliphatic rings. The molecule has 2 aromatic carbocycles. The zero-order chi connectivity index (χ0) is 16.8. The van der Waals surface area contributed by atoms with Crippen LogP contribution >= 0.6 is 0 Å². The average Bonchev–Trinajstić information content (AvgIpc) is 2.98. The Balaban J connectivity index is 1.95. The molecule has 0 unspecified atom stereocenters. The molecule has 1 aromatic heterocycles. The standard InChI is InChI=1S/C22H30N2/c1-3-5-7-11-17-15-19-18-12-8-9-13-20(18)24-22(19)21(16-17)23-14-10-6-4-2/h8-9,12-13,15-16,23-24H,3-7,10-11,14H2,1-2H3. The Morgan fingerprint density at radius 2 is 1.67 bits per heavy atom. The molecule has 2 heteroatoms. The fourth-order valence-electron chi connectivity index (χ4n) is 3.47. The third-order valence-corrected chi connectivity index (χ3v) is 4.84. The van der Waals surface area contributed by atoms with E-state index in [1.165, 1.54) is 78.0 Å². The second-order valence-electron chi connectivity index (χ2n) is 6.83. The van der Waals surface area contributed by atoms with Crippen molar-refractivity contribution in [2.24, 2.45) is 0 Å². The molecule has 0 saturated heterocycles. The molecule has 0 radical (unpaired) electrons. The third-order valence-electron chi connectivity index (χ3n) is 4.84. The zero-order valence-electron chi connectivity index (χ0n) is 15.1. The number of fused-ring (bicyclic) bond motifs is 3. The molecular formula is C22H30N2. The Hall–Kier alpha value is -1.96. The molecule has 0 bridgehead atoms. The highest BCUT2D eigenvalue weighted by atomic mass is 14.9. The van der Waals surface area contributed by atoms with Crippen LogP contribution in [0.2, 0.25) is 0 Å². The average molecular weight is 322 g/mol. The third kappa shape index (κ3) is 3.75. The van der Waals surface area contributed by atoms with Crippen molar-refractivity contribution < 1.29 is 0 Å². The van der Waals surface area contributed by atoms with Crippen molar-refractivity contribution in [2.45, 2.75) is 58.8 Å². The highest BCUT2D eigenvalue weighted by molar-refractivity contribution is 6.11. The minimum Gasteiger partial charge on any atom is -0.383 e. The van der Waals surface area contributed by atoms with Crippen molar-refractivity contribution in [1.29, 1.82) is 0 Å². The van der Waals surface area contributed by atoms with Crippen molar-refractivity contribution in [3.63, 3.8) is 0 Å². The van der Waals surface area contributed by atoms with Crippen LogP contribution in [0.3, 0.4) is 0 Å². The van der Waals surface area contributed by atoms with Gasteiger partial charge in [-0.2, -0.15) is 0 Å². The number of unbranched alkanes of at least 4 members (excludes halogenated alkanes) is 4. The number of hydrogen-bond donors (Lipinski definition) is 2. The normalized spacial score (nSPS) is 11.4. The summed E-state index contributed by atoms with van der Waals surface area (Å²) in [6.45, 7) is 5.57. The maximum absolute atomic E-state index is 3.68. The molecule has 0 aliphatic carbocycles. The van der Waals surface area contributed by atoms with Crippen molar-refractivity contribution in [1.82, 2.24) is 4.98 Å². The summed E-state index contributed by atoms with van der Waals surface area (Å²) in [5.41, 5.74) is 5.21. The van der Waals surface area contributed by atoms with Crippen LogP contribution in [0.1, 0.15) is 57.9 Å². The Labute approximate surface area is 145 Å². The summed E-state index contributed by atoms with van der Waals surface area (Å²) in [6, 6.07) is 13.4. The van der Waals surface area contributed by atoms with Gasteiger partial charge in [0, 0.05) is 22.8 Å². The summed E-state index contributed by atoms with van der Waals surface area (Å²) in [7, 11) is 0. The maximum atomic E-state index is 3.68. The van der Waals surface area contributed by atoms with Crippen LogP contribution in [0.25, 0.3) is 21.8 Å². The molecule has 0 saturated carbocycles. The summed E-state index contributed by atoms with van der Waals surface area (Å²) in [6.07, 6.45) is 8.83. The van der Waals surface area contributed by atoms with E-state index >= 15 is 0 Å². The van der Waals surface area contributed by atoms with Gasteiger partial charge in [0.1, 0.15) is 0 Å². The van der Waals surface area contributed by atoms with Gasteiger partial charge in [0.05, 0.1) is 11.2 Å². The summed E-state index contributed by atoms with van der Waals surface area (Å²) < 4.78 is 0. The van der Waals surface area contributed by atoms with Gasteiger partial charge < -0.3 is 10.3 Å². The minimum atomic E-state index is 1.05. The lowest BCUT2D eigenvalue weighted by Gasteiger charge is -2.11. The number of aromatic amines is 1. The molecule has 0 fully saturated rings. The van der Waals surface area contributed by atoms with Crippen molar-refractivity contribution in [3.05, 3.63) is 42.0 Å². The highest BCUT2D eigenvalue weighted by Crippen LogP contribution is 2.32. The first-order valence-electron chi connectivity index (χ1n) is 9.60. The Bertz CT molecular complexity index is 785. The van der Waals surface area contributed by atoms with Gasteiger partial charge >= 0.3 is 0 Å². The number of aryl methyl sites for hydroxylation is 1. The van der Waals surface area contributed by atoms with E-state index in [4.69, 9.17) is 0 Å². The number of aromatic nitrogens is 1. The fourth-order valence-corrected chi connectivity index (χ4v) is 3.47. The van der Waals surface area contributed by atoms with Gasteiger partial charge in [0.15, 0.2) is 0 Å². The van der Waals surface area contributed by atoms with E-state index in [-0.39, 0.29) is 0 Å². The number of H-pyrrole nitrogens is 1. The van der Waals surface area contributed by atoms with E-state index in [1.807, 2.05) is 0 Å². The predicted octanol–water partition coefficient (Wildman–Crippen LogP) is 6.66. The van der Waals surface area contributed by atoms with Crippen molar-refractivity contribution in [3.8, 4) is 0 Å². The van der Waals surface area contributed by atoms with Crippen LogP contribution in [-0.4, -0.2) is 11.5 Å². The SMILES string of the molecule is CCCCCNc1cc(CCCCC)cc2c1[nH]c1ccccc12. The molecule has 3 rings (SSSR count). The van der Waals surface area contributed by atoms with E-state index in [0.29, 0.717) is 0 Å². The van der Waals surface area contributed by atoms with Gasteiger partial charge in [-0.25, -0.2) is 0 Å². The molecule has 128 valence electrons. The van der Waals surface area contributed by atoms with Crippen LogP contribution in [-0.2, 0) is 6.42 Å². The summed E-state index contributed by atoms with van der Waals surface area (Å²) in [5, 5.41) is 6.38. The molecule has 2 nitrogen and oxygen atoms in total. The molecule has 0 amide bonds. The monoisotopic (exact) mass is 322 g/mol. The van der Waals surface area contributed by atoms with Crippen molar-refractivity contribution in [2.75, 3.05) is 11.9 Å². The Morgan fingerprint density at radius 1 is 0.875 bits per heavy atom. The van der Waals surface area contributed by atoms with Crippen LogP contribution in [0.4, 0.5) is 5.69 Å². The number of nitrogens with one attached hydrogen (secondary N) is 2. The molecule has 0 spiro atoms. The van der Waals surface area contributed by atoms with Gasteiger partial charge in [-0.1, -0.05) is 57.7 Å². The molecule has 0 atom stereocenters. The summed E-state index contributed by atoms with van der Waals surface area (Å²) in [5.74, 6) is 0. The fraction of sp³-hybridized carbons (Fsp3) is 0.455. The topological polar surface area (TPSA) is 27.8 Å². The molecule has 3 aromatic rings. The smallest absolute Gasteiger partial charge is 0.0700 e. The van der Waals surface area contributed by atoms with Crippen molar-refractivity contribution >= 4 is 27.5 Å². The van der Waals surface area contributed by atoms with E-state index in [9.17, 15) is 0 Å². The molecule has 1 heterocycles. The highest BCUT2D eigenvalue weighted by Gasteiger charge is 2.10. The Kier molecular flexibility index (Phi) is 5.79.